The van der Waals surface area contributed by atoms with Crippen molar-refractivity contribution in [2.45, 2.75) is 20.3 Å². The Kier molecular flexibility index (Phi) is 2.80. The minimum Gasteiger partial charge on any atom is -0.497 e. The van der Waals surface area contributed by atoms with E-state index in [1.807, 2.05) is 0 Å². The topological polar surface area (TPSA) is 9.23 Å². The number of hydrogen-bond acceptors (Lipinski definition) is 1. The summed E-state index contributed by atoms with van der Waals surface area (Å²) in [6, 6.07) is 4.34. The summed E-state index contributed by atoms with van der Waals surface area (Å²) in [6.07, 6.45) is 1.03. The minimum atomic E-state index is 1.03. The Morgan fingerprint density at radius 2 is 2.08 bits per heavy atom. The third-order valence-electron chi connectivity index (χ3n) is 2.08. The molecule has 0 aliphatic heterocycles. The zero-order chi connectivity index (χ0) is 9.14. The predicted octanol–water partition coefficient (Wildman–Crippen LogP) is 0.824. The van der Waals surface area contributed by atoms with Crippen molar-refractivity contribution in [2.24, 2.45) is 0 Å². The van der Waals surface area contributed by atoms with Crippen LogP contribution in [0.2, 0.25) is 0 Å². The monoisotopic (exact) mass is 162 g/mol. The Balaban J connectivity index is 3.24. The van der Waals surface area contributed by atoms with Crippen molar-refractivity contribution in [3.05, 3.63) is 23.3 Å². The van der Waals surface area contributed by atoms with Gasteiger partial charge in [0, 0.05) is 0 Å². The lowest BCUT2D eigenvalue weighted by atomic mass is 9.90. The maximum Gasteiger partial charge on any atom is 0.144 e. The molecule has 0 amide bonds. The van der Waals surface area contributed by atoms with Crippen LogP contribution in [0.3, 0.4) is 0 Å². The van der Waals surface area contributed by atoms with Gasteiger partial charge in [-0.3, -0.25) is 0 Å². The molecule has 0 saturated carbocycles. The number of rotatable bonds is 2. The molecule has 64 valence electrons. The van der Waals surface area contributed by atoms with Crippen molar-refractivity contribution in [1.82, 2.24) is 0 Å². The quantitative estimate of drug-likeness (QED) is 0.585. The van der Waals surface area contributed by atoms with Crippen LogP contribution >= 0.6 is 0 Å². The van der Waals surface area contributed by atoms with Crippen LogP contribution < -0.4 is 10.2 Å². The van der Waals surface area contributed by atoms with E-state index in [0.29, 0.717) is 0 Å². The van der Waals surface area contributed by atoms with E-state index in [1.54, 1.807) is 7.11 Å². The zero-order valence-corrected chi connectivity index (χ0v) is 8.27. The molecule has 12 heavy (non-hydrogen) atoms. The molecule has 1 rings (SSSR count). The molecule has 0 atom stereocenters. The first-order chi connectivity index (χ1) is 5.69. The first kappa shape index (κ1) is 9.18. The molecule has 0 bridgehead atoms. The molecule has 0 heterocycles. The molecule has 1 aromatic carbocycles. The largest absolute Gasteiger partial charge is 0.497 e. The molecule has 1 aromatic rings. The van der Waals surface area contributed by atoms with Gasteiger partial charge in [0.15, 0.2) is 0 Å². The average molecular weight is 162 g/mol. The first-order valence-corrected chi connectivity index (χ1v) is 4.33. The Bertz CT molecular complexity index is 281. The molecule has 0 N–H and O–H groups in total. The zero-order valence-electron chi connectivity index (χ0n) is 8.27. The number of hydrogen-bond donors (Lipinski definition) is 0. The van der Waals surface area contributed by atoms with Crippen molar-refractivity contribution in [3.63, 3.8) is 0 Å². The summed E-state index contributed by atoms with van der Waals surface area (Å²) >= 11 is 0. The molecule has 0 saturated heterocycles. The highest BCUT2D eigenvalue weighted by Gasteiger charge is 2.04. The van der Waals surface area contributed by atoms with Gasteiger partial charge in [-0.05, 0) is 24.4 Å². The molecule has 0 aliphatic rings. The number of aryl methyl sites for hydroxylation is 2. The van der Waals surface area contributed by atoms with Crippen LogP contribution in [0, 0.1) is 6.92 Å². The normalized spacial score (nSPS) is 9.92. The van der Waals surface area contributed by atoms with Gasteiger partial charge in [0.25, 0.3) is 0 Å². The Morgan fingerprint density at radius 3 is 2.58 bits per heavy atom. The number of ether oxygens (including phenoxy) is 1. The van der Waals surface area contributed by atoms with Crippen molar-refractivity contribution in [3.8, 4) is 5.75 Å². The Hall–Kier alpha value is -0.915. The molecule has 0 aromatic heterocycles. The third kappa shape index (κ3) is 1.63. The third-order valence-corrected chi connectivity index (χ3v) is 2.08. The molecule has 0 fully saturated rings. The summed E-state index contributed by atoms with van der Waals surface area (Å²) in [7, 11) is 3.82. The summed E-state index contributed by atoms with van der Waals surface area (Å²) in [5.74, 6) is 1.04. The van der Waals surface area contributed by atoms with E-state index in [9.17, 15) is 0 Å². The summed E-state index contributed by atoms with van der Waals surface area (Å²) in [5.41, 5.74) is 3.84. The second kappa shape index (κ2) is 3.66. The fourth-order valence-electron chi connectivity index (χ4n) is 1.60. The van der Waals surface area contributed by atoms with Crippen molar-refractivity contribution in [2.75, 3.05) is 7.11 Å². The van der Waals surface area contributed by atoms with Crippen LogP contribution in [-0.2, 0) is 6.42 Å². The number of benzene rings is 1. The van der Waals surface area contributed by atoms with Gasteiger partial charge in [0.2, 0.25) is 0 Å². The van der Waals surface area contributed by atoms with E-state index in [0.717, 1.165) is 12.2 Å². The smallest absolute Gasteiger partial charge is 0.144 e. The predicted molar refractivity (Wildman–Crippen MR) is 55.3 cm³/mol. The fraction of sp³-hybridized carbons (Fsp3) is 0.400. The molecule has 0 spiro atoms. The van der Waals surface area contributed by atoms with E-state index in [-0.39, 0.29) is 0 Å². The Labute approximate surface area is 75.2 Å². The van der Waals surface area contributed by atoms with Gasteiger partial charge in [0.1, 0.15) is 13.6 Å². The lowest BCUT2D eigenvalue weighted by Gasteiger charge is -2.11. The highest BCUT2D eigenvalue weighted by Crippen LogP contribution is 2.16. The van der Waals surface area contributed by atoms with Crippen LogP contribution in [-0.4, -0.2) is 15.0 Å². The van der Waals surface area contributed by atoms with Gasteiger partial charge in [0.05, 0.1) is 7.11 Å². The van der Waals surface area contributed by atoms with E-state index in [4.69, 9.17) is 4.74 Å². The van der Waals surface area contributed by atoms with Gasteiger partial charge < -0.3 is 4.74 Å². The maximum absolute atomic E-state index is 5.32. The molecular weight excluding hydrogens is 147 g/mol. The minimum absolute atomic E-state index is 1.03. The van der Waals surface area contributed by atoms with E-state index in [2.05, 4.69) is 33.8 Å². The highest BCUT2D eigenvalue weighted by atomic mass is 16.5. The van der Waals surface area contributed by atoms with Crippen LogP contribution in [0.5, 0.6) is 5.75 Å². The van der Waals surface area contributed by atoms with Crippen molar-refractivity contribution < 1.29 is 4.74 Å². The fourth-order valence-corrected chi connectivity index (χ4v) is 1.60. The summed E-state index contributed by atoms with van der Waals surface area (Å²) in [5, 5.41) is 0. The van der Waals surface area contributed by atoms with Gasteiger partial charge in [-0.2, -0.15) is 0 Å². The van der Waals surface area contributed by atoms with Gasteiger partial charge in [-0.25, -0.2) is 0 Å². The molecule has 0 radical (unpaired) electrons. The molecule has 2 heteroatoms. The lowest BCUT2D eigenvalue weighted by molar-refractivity contribution is 0.413. The van der Waals surface area contributed by atoms with Crippen molar-refractivity contribution >= 4 is 13.3 Å². The SMILES string of the molecule is Bc1cc(C)cc(CC)c1OC. The van der Waals surface area contributed by atoms with E-state index in [1.165, 1.54) is 16.6 Å². The average Bonchev–Trinajstić information content (AvgIpc) is 2.03. The van der Waals surface area contributed by atoms with E-state index < -0.39 is 0 Å². The first-order valence-electron chi connectivity index (χ1n) is 4.33. The van der Waals surface area contributed by atoms with Crippen molar-refractivity contribution in [1.29, 1.82) is 0 Å². The lowest BCUT2D eigenvalue weighted by Crippen LogP contribution is -2.10. The van der Waals surface area contributed by atoms with Crippen LogP contribution in [0.4, 0.5) is 0 Å². The molecule has 0 aliphatic carbocycles. The second-order valence-corrected chi connectivity index (χ2v) is 3.13. The van der Waals surface area contributed by atoms with Crippen LogP contribution in [0.15, 0.2) is 12.1 Å². The Morgan fingerprint density at radius 1 is 1.42 bits per heavy atom. The van der Waals surface area contributed by atoms with Crippen LogP contribution in [0.25, 0.3) is 0 Å². The standard InChI is InChI=1S/C10H15BO/c1-4-8-5-7(2)6-9(11)10(8)12-3/h5-6H,4,11H2,1-3H3. The maximum atomic E-state index is 5.32. The summed E-state index contributed by atoms with van der Waals surface area (Å²) in [6.45, 7) is 4.27. The molecule has 1 nitrogen and oxygen atoms in total. The number of methoxy groups -OCH3 is 1. The second-order valence-electron chi connectivity index (χ2n) is 3.13. The van der Waals surface area contributed by atoms with Gasteiger partial charge in [-0.1, -0.05) is 24.6 Å². The van der Waals surface area contributed by atoms with Crippen LogP contribution in [0.1, 0.15) is 18.1 Å². The van der Waals surface area contributed by atoms with Gasteiger partial charge in [-0.15, -0.1) is 0 Å². The summed E-state index contributed by atoms with van der Waals surface area (Å²) in [4.78, 5) is 0. The van der Waals surface area contributed by atoms with E-state index >= 15 is 0 Å². The highest BCUT2D eigenvalue weighted by molar-refractivity contribution is 6.34. The molecule has 0 unspecified atom stereocenters. The van der Waals surface area contributed by atoms with Gasteiger partial charge >= 0.3 is 0 Å². The summed E-state index contributed by atoms with van der Waals surface area (Å²) < 4.78 is 5.32. The molecular formula is C10H15BO.